The van der Waals surface area contributed by atoms with Crippen molar-refractivity contribution in [2.45, 2.75) is 88.4 Å². The Morgan fingerprint density at radius 3 is 2.16 bits per heavy atom. The van der Waals surface area contributed by atoms with Crippen LogP contribution >= 0.6 is 0 Å². The zero-order valence-corrected chi connectivity index (χ0v) is 33.6. The molecule has 12 heteroatoms. The standard InChI is InChI=1S/C46H54N8O4/c1-27(57-2)41(53-46(56)58-3)45(55)54-21-5-7-39(54)43-49-25-37(51-43)30-12-8-28(9-13-30)29-10-14-31(15-11-29)38-26-50-44(52-38)40-34-19-18-33(22-34)36(40)24-47-23-35-6-4-20-48-42(35)32-16-17-32/h4,6,8-15,20,25-27,32-34,36,39-41,47H,5,7,16-19,21-24H2,1-3H3,(H,49,51)(H,50,52)(H,53,56)/t27-,33?,34?,36?,39+,40?,41+/m1/s1. The molecule has 1 saturated heterocycles. The number of benzene rings is 2. The predicted molar refractivity (Wildman–Crippen MR) is 222 cm³/mol. The molecule has 0 radical (unpaired) electrons. The van der Waals surface area contributed by atoms with E-state index in [1.54, 1.807) is 11.8 Å². The molecule has 2 amide bonds. The Kier molecular flexibility index (Phi) is 10.9. The van der Waals surface area contributed by atoms with E-state index in [0.29, 0.717) is 30.2 Å². The molecule has 3 saturated carbocycles. The van der Waals surface area contributed by atoms with Gasteiger partial charge in [-0.25, -0.2) is 14.8 Å². The van der Waals surface area contributed by atoms with Crippen molar-refractivity contribution in [1.82, 2.24) is 40.5 Å². The molecule has 9 rings (SSSR count). The number of aromatic nitrogens is 5. The molecule has 12 nitrogen and oxygen atoms in total. The summed E-state index contributed by atoms with van der Waals surface area (Å²) in [5.41, 5.74) is 9.00. The number of imidazole rings is 2. The van der Waals surface area contributed by atoms with Gasteiger partial charge in [-0.3, -0.25) is 9.78 Å². The number of pyridine rings is 1. The van der Waals surface area contributed by atoms with Gasteiger partial charge in [0.1, 0.15) is 17.7 Å². The third-order valence-corrected chi connectivity index (χ3v) is 13.3. The number of ether oxygens (including phenoxy) is 2. The SMILES string of the molecule is COC(=O)N[C@H](C(=O)N1CCC[C@H]1c1ncc(-c2ccc(-c3ccc(-c4cnc(C5C6CCC(C6)C5CNCc5cccnc5C5CC5)[nH]4)cc3)cc2)[nH]1)[C@@H](C)OC. The number of aromatic amines is 2. The third-order valence-electron chi connectivity index (χ3n) is 13.3. The molecule has 3 aromatic heterocycles. The second-order valence-corrected chi connectivity index (χ2v) is 16.7. The molecule has 2 aromatic carbocycles. The second-order valence-electron chi connectivity index (χ2n) is 16.7. The summed E-state index contributed by atoms with van der Waals surface area (Å²) in [6, 6.07) is 20.4. The highest BCUT2D eigenvalue weighted by Crippen LogP contribution is 2.56. The first-order valence-electron chi connectivity index (χ1n) is 21.0. The first kappa shape index (κ1) is 38.2. The molecule has 302 valence electrons. The topological polar surface area (TPSA) is 150 Å². The van der Waals surface area contributed by atoms with Crippen molar-refractivity contribution in [1.29, 1.82) is 0 Å². The zero-order chi connectivity index (χ0) is 39.8. The van der Waals surface area contributed by atoms with E-state index in [0.717, 1.165) is 77.1 Å². The number of alkyl carbamates (subject to hydrolysis) is 1. The van der Waals surface area contributed by atoms with Gasteiger partial charge in [-0.05, 0) is 110 Å². The largest absolute Gasteiger partial charge is 0.453 e. The number of rotatable bonds is 14. The van der Waals surface area contributed by atoms with E-state index in [9.17, 15) is 9.59 Å². The summed E-state index contributed by atoms with van der Waals surface area (Å²) >= 11 is 0. The van der Waals surface area contributed by atoms with Crippen LogP contribution in [0.3, 0.4) is 0 Å². The van der Waals surface area contributed by atoms with E-state index < -0.39 is 18.2 Å². The summed E-state index contributed by atoms with van der Waals surface area (Å²) in [5, 5.41) is 6.48. The molecule has 3 aliphatic carbocycles. The molecule has 4 unspecified atom stereocenters. The fourth-order valence-electron chi connectivity index (χ4n) is 10.0. The summed E-state index contributed by atoms with van der Waals surface area (Å²) in [4.78, 5) is 49.1. The van der Waals surface area contributed by atoms with Gasteiger partial charge in [0.25, 0.3) is 0 Å². The minimum atomic E-state index is -0.873. The van der Waals surface area contributed by atoms with Crippen LogP contribution in [0.4, 0.5) is 4.79 Å². The molecule has 7 atom stereocenters. The molecule has 4 fully saturated rings. The van der Waals surface area contributed by atoms with E-state index in [1.807, 2.05) is 18.6 Å². The number of hydrogen-bond acceptors (Lipinski definition) is 8. The van der Waals surface area contributed by atoms with E-state index in [1.165, 1.54) is 57.6 Å². The molecule has 4 aliphatic rings. The van der Waals surface area contributed by atoms with Crippen LogP contribution in [0.1, 0.15) is 92.7 Å². The number of nitrogens with zero attached hydrogens (tertiary/aromatic N) is 4. The van der Waals surface area contributed by atoms with Crippen LogP contribution in [0, 0.1) is 17.8 Å². The predicted octanol–water partition coefficient (Wildman–Crippen LogP) is 7.75. The fraction of sp³-hybridized carbons (Fsp3) is 0.457. The zero-order valence-electron chi connectivity index (χ0n) is 33.6. The van der Waals surface area contributed by atoms with E-state index in [2.05, 4.69) is 81.3 Å². The van der Waals surface area contributed by atoms with Crippen molar-refractivity contribution in [3.05, 3.63) is 102 Å². The number of methoxy groups -OCH3 is 2. The third kappa shape index (κ3) is 7.67. The number of amides is 2. The molecular weight excluding hydrogens is 729 g/mol. The number of H-pyrrole nitrogens is 2. The number of hydrogen-bond donors (Lipinski definition) is 4. The number of nitrogens with one attached hydrogen (secondary N) is 4. The highest BCUT2D eigenvalue weighted by atomic mass is 16.5. The van der Waals surface area contributed by atoms with Crippen LogP contribution in [0.15, 0.2) is 79.3 Å². The molecule has 0 spiro atoms. The van der Waals surface area contributed by atoms with Crippen LogP contribution < -0.4 is 10.6 Å². The van der Waals surface area contributed by atoms with Crippen molar-refractivity contribution in [2.24, 2.45) is 17.8 Å². The molecule has 58 heavy (non-hydrogen) atoms. The summed E-state index contributed by atoms with van der Waals surface area (Å²) in [6.45, 7) is 4.23. The number of fused-ring (bicyclic) bond motifs is 2. The van der Waals surface area contributed by atoms with E-state index in [-0.39, 0.29) is 11.9 Å². The Morgan fingerprint density at radius 2 is 1.48 bits per heavy atom. The van der Waals surface area contributed by atoms with Gasteiger partial charge in [-0.1, -0.05) is 54.6 Å². The summed E-state index contributed by atoms with van der Waals surface area (Å²) in [5.74, 6) is 4.84. The maximum atomic E-state index is 13.6. The smallest absolute Gasteiger partial charge is 0.407 e. The summed E-state index contributed by atoms with van der Waals surface area (Å²) in [6.07, 6.45) is 12.7. The van der Waals surface area contributed by atoms with Gasteiger partial charge in [0.2, 0.25) is 5.91 Å². The van der Waals surface area contributed by atoms with Crippen LogP contribution in [0.5, 0.6) is 0 Å². The Bertz CT molecular complexity index is 2210. The number of carbonyl (C=O) groups is 2. The lowest BCUT2D eigenvalue weighted by molar-refractivity contribution is -0.137. The fourth-order valence-corrected chi connectivity index (χ4v) is 10.0. The Morgan fingerprint density at radius 1 is 0.828 bits per heavy atom. The van der Waals surface area contributed by atoms with Crippen molar-refractivity contribution >= 4 is 12.0 Å². The first-order valence-corrected chi connectivity index (χ1v) is 21.0. The van der Waals surface area contributed by atoms with Crippen molar-refractivity contribution in [3.8, 4) is 33.6 Å². The monoisotopic (exact) mass is 782 g/mol. The van der Waals surface area contributed by atoms with E-state index >= 15 is 0 Å². The Labute approximate surface area is 340 Å². The first-order chi connectivity index (χ1) is 28.4. The van der Waals surface area contributed by atoms with E-state index in [4.69, 9.17) is 24.4 Å². The van der Waals surface area contributed by atoms with Gasteiger partial charge in [0, 0.05) is 43.9 Å². The minimum absolute atomic E-state index is 0.222. The maximum absolute atomic E-state index is 13.6. The highest BCUT2D eigenvalue weighted by molar-refractivity contribution is 5.87. The maximum Gasteiger partial charge on any atom is 0.407 e. The van der Waals surface area contributed by atoms with Crippen LogP contribution in [0.2, 0.25) is 0 Å². The Balaban J connectivity index is 0.835. The number of likely N-dealkylation sites (tertiary alicyclic amines) is 1. The van der Waals surface area contributed by atoms with Crippen LogP contribution in [-0.2, 0) is 20.8 Å². The van der Waals surface area contributed by atoms with Crippen molar-refractivity contribution in [3.63, 3.8) is 0 Å². The summed E-state index contributed by atoms with van der Waals surface area (Å²) in [7, 11) is 2.79. The molecule has 5 aromatic rings. The average Bonchev–Trinajstić information content (AvgIpc) is 3.82. The lowest BCUT2D eigenvalue weighted by atomic mass is 9.78. The minimum Gasteiger partial charge on any atom is -0.453 e. The molecule has 1 aliphatic heterocycles. The normalized spacial score (nSPS) is 23.6. The Hall–Kier alpha value is -5.33. The highest BCUT2D eigenvalue weighted by Gasteiger charge is 2.49. The lowest BCUT2D eigenvalue weighted by Gasteiger charge is -2.30. The molecule has 2 bridgehead atoms. The van der Waals surface area contributed by atoms with Gasteiger partial charge >= 0.3 is 6.09 Å². The van der Waals surface area contributed by atoms with Gasteiger partial charge in [0.15, 0.2) is 0 Å². The van der Waals surface area contributed by atoms with Crippen molar-refractivity contribution in [2.75, 3.05) is 27.3 Å². The van der Waals surface area contributed by atoms with Gasteiger partial charge < -0.3 is 35.0 Å². The van der Waals surface area contributed by atoms with Crippen molar-refractivity contribution < 1.29 is 19.1 Å². The summed E-state index contributed by atoms with van der Waals surface area (Å²) < 4.78 is 10.2. The van der Waals surface area contributed by atoms with Crippen LogP contribution in [0.25, 0.3) is 33.6 Å². The molecule has 4 N–H and O–H groups in total. The molecule has 4 heterocycles. The second kappa shape index (κ2) is 16.5. The lowest BCUT2D eigenvalue weighted by Crippen LogP contribution is -2.54. The molecular formula is C46H54N8O4. The van der Waals surface area contributed by atoms with Crippen LogP contribution in [-0.4, -0.2) is 81.3 Å². The number of carbonyl (C=O) groups excluding carboxylic acids is 2. The average molecular weight is 783 g/mol. The quantitative estimate of drug-likeness (QED) is 0.0894. The van der Waals surface area contributed by atoms with Gasteiger partial charge in [-0.15, -0.1) is 0 Å². The van der Waals surface area contributed by atoms with Gasteiger partial charge in [0.05, 0.1) is 43.0 Å². The van der Waals surface area contributed by atoms with Gasteiger partial charge in [-0.2, -0.15) is 0 Å².